The van der Waals surface area contributed by atoms with Crippen molar-refractivity contribution in [3.8, 4) is 0 Å². The zero-order valence-corrected chi connectivity index (χ0v) is 23.2. The molecule has 0 saturated carbocycles. The van der Waals surface area contributed by atoms with Gasteiger partial charge in [0, 0.05) is 0 Å². The van der Waals surface area contributed by atoms with Crippen LogP contribution in [0.25, 0.3) is 0 Å². The average molecular weight is 426 g/mol. The number of benzene rings is 1. The van der Waals surface area contributed by atoms with Gasteiger partial charge < -0.3 is 9.41 Å². The van der Waals surface area contributed by atoms with Crippen LogP contribution in [0.15, 0.2) is 30.3 Å². The van der Waals surface area contributed by atoms with Gasteiger partial charge in [0.2, 0.25) is 0 Å². The van der Waals surface area contributed by atoms with Crippen LogP contribution >= 0.6 is 0 Å². The van der Waals surface area contributed by atoms with Crippen molar-refractivity contribution in [1.29, 1.82) is 0 Å². The highest BCUT2D eigenvalue weighted by atomic mass is 29.6. The van der Waals surface area contributed by atoms with E-state index in [1.165, 1.54) is 5.56 Å². The number of hydrogen-bond donors (Lipinski definition) is 1. The third-order valence-corrected chi connectivity index (χ3v) is 43.4. The Kier molecular flexibility index (Phi) is 7.93. The number of hydrogen-bond acceptors (Lipinski definition) is 2. The van der Waals surface area contributed by atoms with E-state index in [4.69, 9.17) is 4.43 Å². The van der Waals surface area contributed by atoms with Crippen LogP contribution in [0.1, 0.15) is 25.1 Å². The molecule has 26 heavy (non-hydrogen) atoms. The number of rotatable bonds is 9. The first-order valence-electron chi connectivity index (χ1n) is 10.1. The lowest BCUT2D eigenvalue weighted by Crippen LogP contribution is -2.83. The van der Waals surface area contributed by atoms with Crippen molar-refractivity contribution in [1.82, 2.24) is 4.98 Å². The minimum absolute atomic E-state index is 0.271. The third-order valence-electron chi connectivity index (χ3n) is 5.12. The van der Waals surface area contributed by atoms with Crippen molar-refractivity contribution in [3.05, 3.63) is 35.9 Å². The fourth-order valence-corrected chi connectivity index (χ4v) is 51.0. The van der Waals surface area contributed by atoms with Gasteiger partial charge in [-0.25, -0.2) is 0 Å². The Hall–Kier alpha value is 0.00753. The smallest absolute Gasteiger partial charge is 0.184 e. The molecule has 0 aliphatic heterocycles. The van der Waals surface area contributed by atoms with Crippen molar-refractivity contribution in [2.45, 2.75) is 78.5 Å². The molecule has 0 aromatic heterocycles. The van der Waals surface area contributed by atoms with E-state index in [2.05, 4.69) is 108 Å². The van der Waals surface area contributed by atoms with Crippen molar-refractivity contribution >= 4 is 30.8 Å². The molecule has 0 bridgehead atoms. The van der Waals surface area contributed by atoms with E-state index in [9.17, 15) is 0 Å². The largest absolute Gasteiger partial charge is 0.412 e. The highest BCUT2D eigenvalue weighted by molar-refractivity contribution is 7.68. The van der Waals surface area contributed by atoms with Crippen LogP contribution in [-0.4, -0.2) is 37.3 Å². The van der Waals surface area contributed by atoms with Crippen molar-refractivity contribution < 1.29 is 4.43 Å². The Morgan fingerprint density at radius 2 is 1.27 bits per heavy atom. The molecule has 2 nitrogen and oxygen atoms in total. The molecule has 0 radical (unpaired) electrons. The summed E-state index contributed by atoms with van der Waals surface area (Å²) in [6.07, 6.45) is 0. The monoisotopic (exact) mass is 425 g/mol. The molecule has 0 fully saturated rings. The zero-order chi connectivity index (χ0) is 20.4. The molecule has 1 rings (SSSR count). The molecule has 1 N–H and O–H groups in total. The highest BCUT2D eigenvalue weighted by Crippen LogP contribution is 2.41. The van der Waals surface area contributed by atoms with Crippen LogP contribution in [0.2, 0.25) is 58.9 Å². The van der Waals surface area contributed by atoms with Gasteiger partial charge in [-0.15, -0.1) is 0 Å². The van der Waals surface area contributed by atoms with Gasteiger partial charge in [0.05, 0.1) is 20.9 Å². The summed E-state index contributed by atoms with van der Waals surface area (Å²) < 4.78 is 7.08. The first-order valence-corrected chi connectivity index (χ1v) is 24.6. The van der Waals surface area contributed by atoms with Crippen LogP contribution < -0.4 is 4.98 Å². The second-order valence-corrected chi connectivity index (χ2v) is 42.3. The summed E-state index contributed by atoms with van der Waals surface area (Å²) in [6.45, 7) is 28.4. The van der Waals surface area contributed by atoms with Gasteiger partial charge in [0.15, 0.2) is 8.32 Å². The lowest BCUT2D eigenvalue weighted by atomic mass is 10.2. The van der Waals surface area contributed by atoms with Gasteiger partial charge in [-0.1, -0.05) is 83.5 Å². The molecule has 0 aliphatic rings. The average Bonchev–Trinajstić information content (AvgIpc) is 2.43. The minimum Gasteiger partial charge on any atom is -0.412 e. The van der Waals surface area contributed by atoms with Crippen molar-refractivity contribution in [2.75, 3.05) is 6.54 Å². The minimum atomic E-state index is -1.90. The van der Waals surface area contributed by atoms with Gasteiger partial charge >= 0.3 is 0 Å². The number of nitrogens with one attached hydrogen (secondary N) is 1. The topological polar surface area (TPSA) is 21.3 Å². The van der Waals surface area contributed by atoms with E-state index >= 15 is 0 Å². The predicted molar refractivity (Wildman–Crippen MR) is 129 cm³/mol. The molecule has 0 spiro atoms. The molecule has 0 heterocycles. The molecule has 150 valence electrons. The Bertz CT molecular complexity index is 542. The Morgan fingerprint density at radius 3 is 1.62 bits per heavy atom. The SMILES string of the molecule is CC(C)CN[Si](C(O[Si](C)(C)C)c1ccccc1)([Si](C)(C)C)[Si](C)(C)C. The van der Waals surface area contributed by atoms with Crippen LogP contribution in [0.3, 0.4) is 0 Å². The van der Waals surface area contributed by atoms with Crippen molar-refractivity contribution in [2.24, 2.45) is 5.92 Å². The zero-order valence-electron chi connectivity index (χ0n) is 19.2. The Morgan fingerprint density at radius 1 is 0.808 bits per heavy atom. The summed E-state index contributed by atoms with van der Waals surface area (Å²) in [7, 11) is -6.58. The van der Waals surface area contributed by atoms with Crippen LogP contribution in [0.4, 0.5) is 0 Å². The summed E-state index contributed by atoms with van der Waals surface area (Å²) in [5.41, 5.74) is 1.68. The van der Waals surface area contributed by atoms with Crippen LogP contribution in [-0.2, 0) is 4.43 Å². The maximum absolute atomic E-state index is 7.08. The molecule has 1 aromatic rings. The molecule has 1 unspecified atom stereocenters. The molecule has 0 aliphatic carbocycles. The van der Waals surface area contributed by atoms with Gasteiger partial charge in [-0.2, -0.15) is 0 Å². The summed E-state index contributed by atoms with van der Waals surface area (Å²) >= 11 is 0. The van der Waals surface area contributed by atoms with Gasteiger partial charge in [-0.3, -0.25) is 0 Å². The quantitative estimate of drug-likeness (QED) is 0.479. The molecular weight excluding hydrogens is 383 g/mol. The molecule has 1 atom stereocenters. The standard InChI is InChI=1S/C20H43NOSi4/c1-18(2)17-21-26(24(6,7)8,25(9,10)11)20(22-23(3,4)5)19-15-13-12-14-16-19/h12-16,18,20-21H,17H2,1-11H3. The highest BCUT2D eigenvalue weighted by Gasteiger charge is 2.61. The van der Waals surface area contributed by atoms with Gasteiger partial charge in [0.25, 0.3) is 0 Å². The molecular formula is C20H43NOSi4. The molecule has 1 aromatic carbocycles. The molecule has 0 amide bonds. The summed E-state index contributed by atoms with van der Waals surface area (Å²) in [4.78, 5) is 4.29. The second kappa shape index (κ2) is 8.57. The van der Waals surface area contributed by atoms with E-state index in [0.29, 0.717) is 5.92 Å². The van der Waals surface area contributed by atoms with E-state index in [-0.39, 0.29) is 5.73 Å². The lowest BCUT2D eigenvalue weighted by Gasteiger charge is -2.56. The Balaban J connectivity index is 3.69. The normalized spacial score (nSPS) is 15.4. The van der Waals surface area contributed by atoms with E-state index in [1.54, 1.807) is 0 Å². The maximum Gasteiger partial charge on any atom is 0.184 e. The summed E-state index contributed by atoms with van der Waals surface area (Å²) in [5.74, 6) is 0.665. The van der Waals surface area contributed by atoms with Gasteiger partial charge in [-0.05, 0) is 37.7 Å². The lowest BCUT2D eigenvalue weighted by molar-refractivity contribution is 0.269. The first kappa shape index (κ1) is 24.0. The maximum atomic E-state index is 7.08. The first-order chi connectivity index (χ1) is 11.6. The van der Waals surface area contributed by atoms with Crippen molar-refractivity contribution in [3.63, 3.8) is 0 Å². The van der Waals surface area contributed by atoms with Gasteiger partial charge in [0.1, 0.15) is 7.27 Å². The van der Waals surface area contributed by atoms with Crippen LogP contribution in [0, 0.1) is 5.92 Å². The predicted octanol–water partition coefficient (Wildman–Crippen LogP) is 6.14. The fraction of sp³-hybridized carbons (Fsp3) is 0.700. The van der Waals surface area contributed by atoms with Crippen LogP contribution in [0.5, 0.6) is 0 Å². The molecule has 0 saturated heterocycles. The van der Waals surface area contributed by atoms with E-state index < -0.39 is 30.8 Å². The van der Waals surface area contributed by atoms with E-state index in [1.807, 2.05) is 0 Å². The second-order valence-electron chi connectivity index (χ2n) is 11.1. The fourth-order valence-electron chi connectivity index (χ4n) is 4.29. The third kappa shape index (κ3) is 5.75. The Labute approximate surface area is 167 Å². The summed E-state index contributed by atoms with van der Waals surface area (Å²) in [6, 6.07) is 11.1. The van der Waals surface area contributed by atoms with E-state index in [0.717, 1.165) is 6.54 Å². The molecule has 6 heteroatoms. The summed E-state index contributed by atoms with van der Waals surface area (Å²) in [5, 5.41) is 0.